The number of fused-ring (bicyclic) bond motifs is 8. The summed E-state index contributed by atoms with van der Waals surface area (Å²) in [6.45, 7) is 19.3. The molecule has 0 heterocycles. The van der Waals surface area contributed by atoms with Crippen LogP contribution in [0.25, 0.3) is 0 Å². The van der Waals surface area contributed by atoms with Crippen LogP contribution in [0, 0.1) is 43.8 Å². The van der Waals surface area contributed by atoms with Crippen LogP contribution >= 0.6 is 0 Å². The SMILES string of the molecule is CC1=CC=CC2[CH]([Hf+2]([C]3=CC=CC3)=[C](c3cccc(C(F)(F)F)c3)c3cccc(C(F)(F)F)c3)C3(C)C4(C)C=CC=CC4(C)C4(C)C=CC=CC4(C)C3(C)C12C.[Cl-].[Cl-]. The fourth-order valence-electron chi connectivity index (χ4n) is 13.6. The standard InChI is InChI=1S/C29H37.C15H8F6.C5H5.2ClH.Hf/c1-21-14-13-15-22-20-27(6)25(4)18-10-9-16-23(25,2)24(3)17-11-12-19-26(24,5)29(27,8)28(21,22)7;16-14(17,18)12-5-1-3-10(8-12)7-11-4-2-6-13(9-11)15(19,20)21;1-2-4-5-3-1;;;/h9-20,22H,1-8H3;1-6,8-9H;1-3H,4H2;2*1H;/q;;;;;+2/p-2. The van der Waals surface area contributed by atoms with Gasteiger partial charge in [0.05, 0.1) is 0 Å². The molecule has 0 aromatic heterocycles. The van der Waals surface area contributed by atoms with Gasteiger partial charge in [0, 0.05) is 0 Å². The van der Waals surface area contributed by atoms with Crippen LogP contribution in [0.5, 0.6) is 0 Å². The molecule has 0 nitrogen and oxygen atoms in total. The first-order valence-electron chi connectivity index (χ1n) is 19.6. The molecule has 0 bridgehead atoms. The Hall–Kier alpha value is -2.74. The van der Waals surface area contributed by atoms with Crippen LogP contribution in [-0.2, 0) is 33.3 Å². The third-order valence-corrected chi connectivity index (χ3v) is 30.6. The Bertz CT molecular complexity index is 2260. The van der Waals surface area contributed by atoms with E-state index >= 15 is 0 Å². The van der Waals surface area contributed by atoms with Gasteiger partial charge in [0.2, 0.25) is 0 Å². The van der Waals surface area contributed by atoms with Gasteiger partial charge in [-0.25, -0.2) is 0 Å². The zero-order valence-electron chi connectivity index (χ0n) is 34.1. The number of hydrogen-bond donors (Lipinski definition) is 0. The van der Waals surface area contributed by atoms with E-state index in [-0.39, 0.29) is 39.8 Å². The van der Waals surface area contributed by atoms with Crippen LogP contribution in [0.4, 0.5) is 26.3 Å². The summed E-state index contributed by atoms with van der Waals surface area (Å²) >= 11 is -4.09. The minimum atomic E-state index is -4.63. The Balaban J connectivity index is 0.00000283. The van der Waals surface area contributed by atoms with Gasteiger partial charge in [-0.2, -0.15) is 0 Å². The molecular weight excluding hydrogens is 952 g/mol. The van der Waals surface area contributed by atoms with E-state index in [0.717, 1.165) is 12.1 Å². The summed E-state index contributed by atoms with van der Waals surface area (Å²) in [5.74, 6) is -0.0447. The van der Waals surface area contributed by atoms with Crippen LogP contribution < -0.4 is 24.8 Å². The van der Waals surface area contributed by atoms with E-state index < -0.39 is 76.9 Å². The predicted octanol–water partition coefficient (Wildman–Crippen LogP) is 8.01. The van der Waals surface area contributed by atoms with Gasteiger partial charge in [-0.15, -0.1) is 0 Å². The Labute approximate surface area is 359 Å². The van der Waals surface area contributed by atoms with Gasteiger partial charge >= 0.3 is 337 Å². The molecule has 2 aromatic rings. The topological polar surface area (TPSA) is 0 Å². The second-order valence-electron chi connectivity index (χ2n) is 18.3. The monoisotopic (exact) mass is 1000 g/mol. The molecule has 9 atom stereocenters. The second-order valence-corrected chi connectivity index (χ2v) is 27.6. The van der Waals surface area contributed by atoms with Crippen molar-refractivity contribution in [1.29, 1.82) is 0 Å². The number of halogens is 8. The Morgan fingerprint density at radius 2 is 1.10 bits per heavy atom. The van der Waals surface area contributed by atoms with E-state index in [1.807, 2.05) is 6.08 Å². The van der Waals surface area contributed by atoms with Crippen molar-refractivity contribution in [1.82, 2.24) is 0 Å². The molecule has 0 saturated heterocycles. The van der Waals surface area contributed by atoms with Crippen molar-refractivity contribution in [3.05, 3.63) is 165 Å². The Kier molecular flexibility index (Phi) is 10.9. The summed E-state index contributed by atoms with van der Waals surface area (Å²) < 4.78 is 89.5. The number of benzene rings is 2. The molecule has 0 amide bonds. The maximum Gasteiger partial charge on any atom is -1.00 e. The van der Waals surface area contributed by atoms with E-state index in [2.05, 4.69) is 134 Å². The van der Waals surface area contributed by atoms with Gasteiger partial charge in [-0.1, -0.05) is 0 Å². The second kappa shape index (κ2) is 14.2. The van der Waals surface area contributed by atoms with E-state index in [9.17, 15) is 26.3 Å². The smallest absolute Gasteiger partial charge is 1.00 e. The molecule has 2 fully saturated rings. The van der Waals surface area contributed by atoms with Crippen molar-refractivity contribution in [2.75, 3.05) is 0 Å². The number of rotatable bonds is 4. The zero-order valence-corrected chi connectivity index (χ0v) is 39.2. The quantitative estimate of drug-likeness (QED) is 0.216. The summed E-state index contributed by atoms with van der Waals surface area (Å²) in [6.07, 6.45) is 22.8. The van der Waals surface area contributed by atoms with E-state index in [1.165, 1.54) is 33.2 Å². The Morgan fingerprint density at radius 3 is 1.59 bits per heavy atom. The predicted molar refractivity (Wildman–Crippen MR) is 211 cm³/mol. The average molecular weight is 1000 g/mol. The van der Waals surface area contributed by atoms with E-state index in [4.69, 9.17) is 0 Å². The minimum absolute atomic E-state index is 0. The first-order chi connectivity index (χ1) is 26.1. The first-order valence-corrected chi connectivity index (χ1v) is 25.3. The molecule has 2 aromatic carbocycles. The number of alkyl halides is 6. The molecule has 306 valence electrons. The molecule has 6 aliphatic rings. The largest absolute Gasteiger partial charge is 1.00 e. The molecule has 0 aliphatic heterocycles. The molecule has 2 saturated carbocycles. The van der Waals surface area contributed by atoms with Crippen molar-refractivity contribution < 1.29 is 72.1 Å². The van der Waals surface area contributed by atoms with Crippen molar-refractivity contribution in [3.8, 4) is 0 Å². The van der Waals surface area contributed by atoms with Gasteiger partial charge in [-0.05, 0) is 0 Å². The van der Waals surface area contributed by atoms with E-state index in [0.29, 0.717) is 20.8 Å². The van der Waals surface area contributed by atoms with Gasteiger partial charge in [0.25, 0.3) is 0 Å². The number of allylic oxidation sites excluding steroid dienone is 16. The van der Waals surface area contributed by atoms with Gasteiger partial charge in [0.15, 0.2) is 0 Å². The van der Waals surface area contributed by atoms with Crippen LogP contribution in [0.3, 0.4) is 0 Å². The molecule has 8 rings (SSSR count). The van der Waals surface area contributed by atoms with Gasteiger partial charge < -0.3 is 24.8 Å². The molecule has 6 aliphatic carbocycles. The normalized spacial score (nSPS) is 37.6. The van der Waals surface area contributed by atoms with Crippen LogP contribution in [0.1, 0.15) is 84.1 Å². The van der Waals surface area contributed by atoms with Crippen LogP contribution in [-0.4, -0.2) is 3.26 Å². The third kappa shape index (κ3) is 5.33. The van der Waals surface area contributed by atoms with Crippen molar-refractivity contribution in [2.24, 2.45) is 43.8 Å². The fraction of sp³-hybridized carbons (Fsp3) is 0.408. The summed E-state index contributed by atoms with van der Waals surface area (Å²) in [5.41, 5.74) is -2.74. The molecule has 0 N–H and O–H groups in total. The summed E-state index contributed by atoms with van der Waals surface area (Å²) in [5, 5.41) is 0. The summed E-state index contributed by atoms with van der Waals surface area (Å²) in [7, 11) is 0. The summed E-state index contributed by atoms with van der Waals surface area (Å²) in [6, 6.07) is 10.8. The van der Waals surface area contributed by atoms with Crippen molar-refractivity contribution >= 4 is 3.26 Å². The molecule has 9 unspecified atom stereocenters. The van der Waals surface area contributed by atoms with Gasteiger partial charge in [-0.3, -0.25) is 0 Å². The molecular formula is C49H50Cl2F6Hf. The molecule has 0 spiro atoms. The molecule has 9 heteroatoms. The Morgan fingerprint density at radius 1 is 0.621 bits per heavy atom. The maximum atomic E-state index is 14.6. The first kappa shape index (κ1) is 44.8. The maximum absolute atomic E-state index is 14.6. The average Bonchev–Trinajstić information content (AvgIpc) is 3.73. The zero-order chi connectivity index (χ0) is 40.5. The molecule has 0 radical (unpaired) electrons. The molecule has 58 heavy (non-hydrogen) atoms. The van der Waals surface area contributed by atoms with Crippen molar-refractivity contribution in [3.63, 3.8) is 0 Å². The number of hydrogen-bond acceptors (Lipinski definition) is 0. The van der Waals surface area contributed by atoms with Crippen molar-refractivity contribution in [2.45, 2.75) is 77.8 Å². The summed E-state index contributed by atoms with van der Waals surface area (Å²) in [4.78, 5) is 0. The van der Waals surface area contributed by atoms with Crippen LogP contribution in [0.15, 0.2) is 142 Å². The van der Waals surface area contributed by atoms with Crippen LogP contribution in [0.2, 0.25) is 3.67 Å². The van der Waals surface area contributed by atoms with Gasteiger partial charge in [0.1, 0.15) is 0 Å². The third-order valence-electron chi connectivity index (χ3n) is 17.2. The minimum Gasteiger partial charge on any atom is -1.00 e. The van der Waals surface area contributed by atoms with E-state index in [1.54, 1.807) is 12.1 Å². The fourth-order valence-corrected chi connectivity index (χ4v) is 29.9.